The first-order chi connectivity index (χ1) is 12.7. The molecule has 142 valence electrons. The molecule has 3 rings (SSSR count). The summed E-state index contributed by atoms with van der Waals surface area (Å²) in [7, 11) is 0. The van der Waals surface area contributed by atoms with E-state index < -0.39 is 0 Å². The molecule has 0 aromatic heterocycles. The van der Waals surface area contributed by atoms with Crippen molar-refractivity contribution in [3.63, 3.8) is 0 Å². The first-order valence-electron chi connectivity index (χ1n) is 10.1. The third-order valence-corrected chi connectivity index (χ3v) is 5.71. The molecule has 0 bridgehead atoms. The highest BCUT2D eigenvalue weighted by atomic mass is 16.2. The van der Waals surface area contributed by atoms with Crippen LogP contribution in [0.4, 0.5) is 5.69 Å². The van der Waals surface area contributed by atoms with Crippen LogP contribution in [-0.2, 0) is 9.59 Å². The molecule has 26 heavy (non-hydrogen) atoms. The molecule has 2 amide bonds. The minimum Gasteiger partial charge on any atom is -0.368 e. The molecule has 2 aliphatic rings. The van der Waals surface area contributed by atoms with Crippen LogP contribution in [0.25, 0.3) is 0 Å². The molecule has 1 aromatic carbocycles. The quantitative estimate of drug-likeness (QED) is 0.881. The molecule has 1 saturated carbocycles. The van der Waals surface area contributed by atoms with Crippen LogP contribution >= 0.6 is 0 Å². The van der Waals surface area contributed by atoms with Crippen LogP contribution < -0.4 is 10.2 Å². The van der Waals surface area contributed by atoms with Crippen molar-refractivity contribution in [3.8, 4) is 0 Å². The SMILES string of the molecule is CCCNC(=O)C1CCC(C(=O)N2CCN(c3ccccc3)CC2)CC1. The molecule has 5 heteroatoms. The molecule has 0 atom stereocenters. The van der Waals surface area contributed by atoms with Gasteiger partial charge in [0.2, 0.25) is 11.8 Å². The van der Waals surface area contributed by atoms with Crippen molar-refractivity contribution in [2.24, 2.45) is 11.8 Å². The van der Waals surface area contributed by atoms with E-state index in [-0.39, 0.29) is 17.7 Å². The van der Waals surface area contributed by atoms with Crippen molar-refractivity contribution in [2.75, 3.05) is 37.6 Å². The monoisotopic (exact) mass is 357 g/mol. The van der Waals surface area contributed by atoms with Crippen molar-refractivity contribution >= 4 is 17.5 Å². The normalized spacial score (nSPS) is 23.6. The van der Waals surface area contributed by atoms with Crippen LogP contribution in [0.5, 0.6) is 0 Å². The molecule has 0 radical (unpaired) electrons. The fraction of sp³-hybridized carbons (Fsp3) is 0.619. The molecule has 0 spiro atoms. The predicted octanol–water partition coefficient (Wildman–Crippen LogP) is 2.67. The minimum atomic E-state index is 0.0977. The third-order valence-electron chi connectivity index (χ3n) is 5.71. The zero-order valence-electron chi connectivity index (χ0n) is 15.8. The molecule has 1 aliphatic heterocycles. The number of benzene rings is 1. The molecule has 0 unspecified atom stereocenters. The van der Waals surface area contributed by atoms with Gasteiger partial charge in [-0.1, -0.05) is 25.1 Å². The Balaban J connectivity index is 1.44. The number of nitrogens with one attached hydrogen (secondary N) is 1. The van der Waals surface area contributed by atoms with E-state index in [4.69, 9.17) is 0 Å². The predicted molar refractivity (Wildman–Crippen MR) is 104 cm³/mol. The average Bonchev–Trinajstić information content (AvgIpc) is 2.72. The molecular weight excluding hydrogens is 326 g/mol. The van der Waals surface area contributed by atoms with Crippen LogP contribution in [0.2, 0.25) is 0 Å². The number of hydrogen-bond acceptors (Lipinski definition) is 3. The second-order valence-electron chi connectivity index (χ2n) is 7.49. The van der Waals surface area contributed by atoms with Crippen molar-refractivity contribution in [1.29, 1.82) is 0 Å². The van der Waals surface area contributed by atoms with Gasteiger partial charge in [0, 0.05) is 50.2 Å². The summed E-state index contributed by atoms with van der Waals surface area (Å²) in [6.45, 7) is 6.20. The van der Waals surface area contributed by atoms with Gasteiger partial charge in [-0.2, -0.15) is 0 Å². The van der Waals surface area contributed by atoms with Gasteiger partial charge in [-0.15, -0.1) is 0 Å². The van der Waals surface area contributed by atoms with Crippen LogP contribution in [0.1, 0.15) is 39.0 Å². The summed E-state index contributed by atoms with van der Waals surface area (Å²) >= 11 is 0. The van der Waals surface area contributed by atoms with Gasteiger partial charge in [0.15, 0.2) is 0 Å². The van der Waals surface area contributed by atoms with E-state index in [1.54, 1.807) is 0 Å². The topological polar surface area (TPSA) is 52.7 Å². The Morgan fingerprint density at radius 2 is 1.58 bits per heavy atom. The van der Waals surface area contributed by atoms with Crippen molar-refractivity contribution < 1.29 is 9.59 Å². The molecule has 1 aliphatic carbocycles. The number of piperazine rings is 1. The summed E-state index contributed by atoms with van der Waals surface area (Å²) in [5.74, 6) is 0.674. The number of rotatable bonds is 5. The lowest BCUT2D eigenvalue weighted by molar-refractivity contribution is -0.138. The second-order valence-corrected chi connectivity index (χ2v) is 7.49. The maximum absolute atomic E-state index is 12.9. The van der Waals surface area contributed by atoms with Gasteiger partial charge in [0.1, 0.15) is 0 Å². The van der Waals surface area contributed by atoms with Crippen molar-refractivity contribution in [1.82, 2.24) is 10.2 Å². The summed E-state index contributed by atoms with van der Waals surface area (Å²) in [4.78, 5) is 29.3. The van der Waals surface area contributed by atoms with Gasteiger partial charge in [0.25, 0.3) is 0 Å². The molecular formula is C21H31N3O2. The third kappa shape index (κ3) is 4.57. The molecule has 1 aromatic rings. The first kappa shape index (κ1) is 18.7. The van der Waals surface area contributed by atoms with E-state index in [1.165, 1.54) is 5.69 Å². The Morgan fingerprint density at radius 1 is 0.962 bits per heavy atom. The lowest BCUT2D eigenvalue weighted by Crippen LogP contribution is -2.51. The molecule has 2 fully saturated rings. The van der Waals surface area contributed by atoms with Crippen LogP contribution in [0.3, 0.4) is 0 Å². The summed E-state index contributed by atoms with van der Waals surface area (Å²) in [5.41, 5.74) is 1.23. The maximum Gasteiger partial charge on any atom is 0.225 e. The number of amides is 2. The van der Waals surface area contributed by atoms with E-state index in [9.17, 15) is 9.59 Å². The largest absolute Gasteiger partial charge is 0.368 e. The van der Waals surface area contributed by atoms with Gasteiger partial charge in [-0.05, 0) is 44.2 Å². The number of carbonyl (C=O) groups is 2. The highest BCUT2D eigenvalue weighted by Crippen LogP contribution is 2.30. The summed E-state index contributed by atoms with van der Waals surface area (Å²) in [6.07, 6.45) is 4.35. The number of carbonyl (C=O) groups excluding carboxylic acids is 2. The number of anilines is 1. The van der Waals surface area contributed by atoms with Gasteiger partial charge < -0.3 is 15.1 Å². The van der Waals surface area contributed by atoms with Crippen LogP contribution in [0.15, 0.2) is 30.3 Å². The smallest absolute Gasteiger partial charge is 0.225 e. The van der Waals surface area contributed by atoms with E-state index in [2.05, 4.69) is 41.4 Å². The highest BCUT2D eigenvalue weighted by molar-refractivity contribution is 5.81. The lowest BCUT2D eigenvalue weighted by Gasteiger charge is -2.38. The van der Waals surface area contributed by atoms with Crippen LogP contribution in [-0.4, -0.2) is 49.4 Å². The summed E-state index contributed by atoms with van der Waals surface area (Å²) in [6, 6.07) is 10.4. The standard InChI is InChI=1S/C21H31N3O2/c1-2-12-22-20(25)17-8-10-18(11-9-17)21(26)24-15-13-23(14-16-24)19-6-4-3-5-7-19/h3-7,17-18H,2,8-16H2,1H3,(H,22,25). The Hall–Kier alpha value is -2.04. The van der Waals surface area contributed by atoms with Gasteiger partial charge in [0.05, 0.1) is 0 Å². The van der Waals surface area contributed by atoms with Crippen molar-refractivity contribution in [3.05, 3.63) is 30.3 Å². The van der Waals surface area contributed by atoms with E-state index in [0.717, 1.165) is 64.8 Å². The Bertz CT molecular complexity index is 589. The second kappa shape index (κ2) is 9.06. The fourth-order valence-corrected chi connectivity index (χ4v) is 4.08. The van der Waals surface area contributed by atoms with Crippen LogP contribution in [0, 0.1) is 11.8 Å². The van der Waals surface area contributed by atoms with E-state index in [0.29, 0.717) is 5.91 Å². The van der Waals surface area contributed by atoms with Gasteiger partial charge in [-0.3, -0.25) is 9.59 Å². The summed E-state index contributed by atoms with van der Waals surface area (Å²) in [5, 5.41) is 2.99. The molecule has 1 heterocycles. The lowest BCUT2D eigenvalue weighted by atomic mass is 9.81. The zero-order chi connectivity index (χ0) is 18.4. The number of para-hydroxylation sites is 1. The highest BCUT2D eigenvalue weighted by Gasteiger charge is 2.33. The van der Waals surface area contributed by atoms with Gasteiger partial charge >= 0.3 is 0 Å². The Morgan fingerprint density at radius 3 is 2.19 bits per heavy atom. The molecule has 1 saturated heterocycles. The van der Waals surface area contributed by atoms with Gasteiger partial charge in [-0.25, -0.2) is 0 Å². The summed E-state index contributed by atoms with van der Waals surface area (Å²) < 4.78 is 0. The maximum atomic E-state index is 12.9. The Labute approximate surface area is 156 Å². The Kier molecular flexibility index (Phi) is 6.53. The average molecular weight is 357 g/mol. The van der Waals surface area contributed by atoms with E-state index in [1.807, 2.05) is 11.0 Å². The fourth-order valence-electron chi connectivity index (χ4n) is 4.08. The molecule has 1 N–H and O–H groups in total. The zero-order valence-corrected chi connectivity index (χ0v) is 15.8. The number of hydrogen-bond donors (Lipinski definition) is 1. The number of nitrogens with zero attached hydrogens (tertiary/aromatic N) is 2. The van der Waals surface area contributed by atoms with Crippen molar-refractivity contribution in [2.45, 2.75) is 39.0 Å². The molecule has 5 nitrogen and oxygen atoms in total. The minimum absolute atomic E-state index is 0.0977. The van der Waals surface area contributed by atoms with E-state index >= 15 is 0 Å². The first-order valence-corrected chi connectivity index (χ1v) is 10.1.